The van der Waals surface area contributed by atoms with Crippen LogP contribution in [0.3, 0.4) is 0 Å². The highest BCUT2D eigenvalue weighted by molar-refractivity contribution is 5.99. The number of methoxy groups -OCH3 is 1. The molecule has 0 saturated carbocycles. The van der Waals surface area contributed by atoms with Crippen LogP contribution in [0.25, 0.3) is 0 Å². The molecule has 1 unspecified atom stereocenters. The molecule has 0 amide bonds. The number of aliphatic hydroxyl groups is 1. The molecular weight excluding hydrogens is 232 g/mol. The fraction of sp³-hybridized carbons (Fsp3) is 0.462. The molecule has 18 heavy (non-hydrogen) atoms. The van der Waals surface area contributed by atoms with Gasteiger partial charge < -0.3 is 20.5 Å². The highest BCUT2D eigenvalue weighted by Crippen LogP contribution is 2.33. The quantitative estimate of drug-likeness (QED) is 0.618. The topological polar surface area (TPSA) is 75.8 Å². The van der Waals surface area contributed by atoms with Gasteiger partial charge in [-0.25, -0.2) is 4.79 Å². The predicted octanol–water partition coefficient (Wildman–Crippen LogP) is 1.02. The Bertz CT molecular complexity index is 448. The number of nitrogen functional groups attached to an aromatic ring is 1. The number of carbonyl (C=O) groups excluding carboxylic acids is 1. The number of aliphatic hydroxyl groups excluding tert-OH is 1. The molecule has 1 saturated heterocycles. The number of hydrogen-bond donors (Lipinski definition) is 2. The molecule has 1 heterocycles. The van der Waals surface area contributed by atoms with Crippen molar-refractivity contribution in [2.24, 2.45) is 0 Å². The summed E-state index contributed by atoms with van der Waals surface area (Å²) in [6.45, 7) is 0.860. The minimum atomic E-state index is -0.402. The second kappa shape index (κ2) is 5.27. The number of carbonyl (C=O) groups is 1. The minimum absolute atomic E-state index is 0.0260. The lowest BCUT2D eigenvalue weighted by atomic mass is 10.1. The Balaban J connectivity index is 2.45. The number of nitrogens with two attached hydrogens (primary N) is 1. The molecule has 0 aromatic heterocycles. The number of ether oxygens (including phenoxy) is 1. The zero-order valence-electron chi connectivity index (χ0n) is 10.4. The first kappa shape index (κ1) is 12.7. The second-order valence-electron chi connectivity index (χ2n) is 4.41. The molecule has 0 bridgehead atoms. The van der Waals surface area contributed by atoms with Crippen LogP contribution in [-0.4, -0.2) is 37.4 Å². The van der Waals surface area contributed by atoms with E-state index in [0.717, 1.165) is 19.4 Å². The average molecular weight is 250 g/mol. The molecule has 1 aromatic rings. The lowest BCUT2D eigenvalue weighted by Crippen LogP contribution is -2.34. The fourth-order valence-corrected chi connectivity index (χ4v) is 2.48. The summed E-state index contributed by atoms with van der Waals surface area (Å²) in [5, 5.41) is 9.38. The molecule has 1 fully saturated rings. The molecule has 0 spiro atoms. The Hall–Kier alpha value is -1.75. The number of anilines is 2. The highest BCUT2D eigenvalue weighted by Gasteiger charge is 2.29. The van der Waals surface area contributed by atoms with Crippen molar-refractivity contribution >= 4 is 17.3 Å². The lowest BCUT2D eigenvalue weighted by Gasteiger charge is -2.28. The molecule has 3 N–H and O–H groups in total. The van der Waals surface area contributed by atoms with Crippen molar-refractivity contribution in [3.63, 3.8) is 0 Å². The summed E-state index contributed by atoms with van der Waals surface area (Å²) in [6, 6.07) is 5.21. The van der Waals surface area contributed by atoms with Crippen molar-refractivity contribution in [2.45, 2.75) is 18.9 Å². The van der Waals surface area contributed by atoms with E-state index in [1.54, 1.807) is 18.2 Å². The summed E-state index contributed by atoms with van der Waals surface area (Å²) in [5.41, 5.74) is 7.66. The maximum absolute atomic E-state index is 11.8. The van der Waals surface area contributed by atoms with Crippen LogP contribution in [0.2, 0.25) is 0 Å². The van der Waals surface area contributed by atoms with E-state index in [2.05, 4.69) is 0 Å². The van der Waals surface area contributed by atoms with Gasteiger partial charge in [-0.2, -0.15) is 0 Å². The molecule has 2 rings (SSSR count). The molecule has 5 heteroatoms. The third kappa shape index (κ3) is 2.13. The summed E-state index contributed by atoms with van der Waals surface area (Å²) >= 11 is 0. The largest absolute Gasteiger partial charge is 0.465 e. The van der Waals surface area contributed by atoms with Crippen LogP contribution in [-0.2, 0) is 4.74 Å². The van der Waals surface area contributed by atoms with Gasteiger partial charge >= 0.3 is 5.97 Å². The van der Waals surface area contributed by atoms with Gasteiger partial charge in [-0.15, -0.1) is 0 Å². The monoisotopic (exact) mass is 250 g/mol. The molecule has 0 radical (unpaired) electrons. The first-order valence-electron chi connectivity index (χ1n) is 6.03. The smallest absolute Gasteiger partial charge is 0.340 e. The number of rotatable bonds is 3. The summed E-state index contributed by atoms with van der Waals surface area (Å²) in [6.07, 6.45) is 1.89. The zero-order valence-corrected chi connectivity index (χ0v) is 10.4. The van der Waals surface area contributed by atoms with Crippen molar-refractivity contribution in [2.75, 3.05) is 30.9 Å². The number of benzene rings is 1. The standard InChI is InChI=1S/C13H18N2O3/c1-18-13(17)10-5-2-6-11(14)12(10)15-7-3-4-9(15)8-16/h2,5-6,9,16H,3-4,7-8,14H2,1H3. The van der Waals surface area contributed by atoms with E-state index in [9.17, 15) is 9.90 Å². The third-order valence-corrected chi connectivity index (χ3v) is 3.35. The summed E-state index contributed by atoms with van der Waals surface area (Å²) in [7, 11) is 1.35. The van der Waals surface area contributed by atoms with Crippen LogP contribution < -0.4 is 10.6 Å². The van der Waals surface area contributed by atoms with Crippen LogP contribution in [0, 0.1) is 0 Å². The van der Waals surface area contributed by atoms with E-state index in [4.69, 9.17) is 10.5 Å². The van der Waals surface area contributed by atoms with E-state index in [0.29, 0.717) is 16.9 Å². The van der Waals surface area contributed by atoms with Crippen LogP contribution >= 0.6 is 0 Å². The van der Waals surface area contributed by atoms with Crippen molar-refractivity contribution < 1.29 is 14.6 Å². The van der Waals surface area contributed by atoms with E-state index in [-0.39, 0.29) is 12.6 Å². The SMILES string of the molecule is COC(=O)c1cccc(N)c1N1CCCC1CO. The zero-order chi connectivity index (χ0) is 13.1. The van der Waals surface area contributed by atoms with Gasteiger partial charge in [0.15, 0.2) is 0 Å². The van der Waals surface area contributed by atoms with Gasteiger partial charge in [0.25, 0.3) is 0 Å². The molecule has 5 nitrogen and oxygen atoms in total. The van der Waals surface area contributed by atoms with Gasteiger partial charge in [0.05, 0.1) is 36.7 Å². The van der Waals surface area contributed by atoms with Crippen LogP contribution in [0.5, 0.6) is 0 Å². The second-order valence-corrected chi connectivity index (χ2v) is 4.41. The Kier molecular flexibility index (Phi) is 3.72. The number of esters is 1. The van der Waals surface area contributed by atoms with Crippen molar-refractivity contribution in [1.29, 1.82) is 0 Å². The van der Waals surface area contributed by atoms with Gasteiger partial charge in [-0.3, -0.25) is 0 Å². The van der Waals surface area contributed by atoms with Gasteiger partial charge in [-0.1, -0.05) is 6.07 Å². The van der Waals surface area contributed by atoms with Crippen LogP contribution in [0.4, 0.5) is 11.4 Å². The van der Waals surface area contributed by atoms with E-state index >= 15 is 0 Å². The van der Waals surface area contributed by atoms with Gasteiger partial charge in [0.2, 0.25) is 0 Å². The van der Waals surface area contributed by atoms with Crippen molar-refractivity contribution in [1.82, 2.24) is 0 Å². The summed E-state index contributed by atoms with van der Waals surface area (Å²) in [4.78, 5) is 13.8. The van der Waals surface area contributed by atoms with Gasteiger partial charge in [-0.05, 0) is 25.0 Å². The molecule has 1 aliphatic rings. The molecule has 1 atom stereocenters. The maximum Gasteiger partial charge on any atom is 0.340 e. The summed E-state index contributed by atoms with van der Waals surface area (Å²) < 4.78 is 4.78. The fourth-order valence-electron chi connectivity index (χ4n) is 2.48. The predicted molar refractivity (Wildman–Crippen MR) is 69.6 cm³/mol. The molecular formula is C13H18N2O3. The Labute approximate surface area is 106 Å². The Morgan fingerprint density at radius 2 is 2.39 bits per heavy atom. The summed E-state index contributed by atoms with van der Waals surface area (Å²) in [5.74, 6) is -0.402. The van der Waals surface area contributed by atoms with Crippen molar-refractivity contribution in [3.05, 3.63) is 23.8 Å². The molecule has 98 valence electrons. The van der Waals surface area contributed by atoms with Crippen molar-refractivity contribution in [3.8, 4) is 0 Å². The van der Waals surface area contributed by atoms with E-state index in [1.807, 2.05) is 4.90 Å². The number of nitrogens with zero attached hydrogens (tertiary/aromatic N) is 1. The Morgan fingerprint density at radius 1 is 1.61 bits per heavy atom. The van der Waals surface area contributed by atoms with Crippen LogP contribution in [0.15, 0.2) is 18.2 Å². The van der Waals surface area contributed by atoms with E-state index in [1.165, 1.54) is 7.11 Å². The minimum Gasteiger partial charge on any atom is -0.465 e. The first-order valence-corrected chi connectivity index (χ1v) is 6.03. The first-order chi connectivity index (χ1) is 8.69. The Morgan fingerprint density at radius 3 is 3.06 bits per heavy atom. The molecule has 1 aromatic carbocycles. The van der Waals surface area contributed by atoms with E-state index < -0.39 is 5.97 Å². The van der Waals surface area contributed by atoms with Crippen LogP contribution in [0.1, 0.15) is 23.2 Å². The maximum atomic E-state index is 11.8. The molecule has 0 aliphatic carbocycles. The third-order valence-electron chi connectivity index (χ3n) is 3.35. The van der Waals surface area contributed by atoms with Gasteiger partial charge in [0.1, 0.15) is 0 Å². The normalized spacial score (nSPS) is 19.0. The molecule has 1 aliphatic heterocycles. The number of para-hydroxylation sites is 1. The highest BCUT2D eigenvalue weighted by atomic mass is 16.5. The lowest BCUT2D eigenvalue weighted by molar-refractivity contribution is 0.0601. The van der Waals surface area contributed by atoms with Gasteiger partial charge in [0, 0.05) is 6.54 Å². The number of hydrogen-bond acceptors (Lipinski definition) is 5. The average Bonchev–Trinajstić information content (AvgIpc) is 2.85.